The van der Waals surface area contributed by atoms with Crippen LogP contribution >= 0.6 is 0 Å². The largest absolute Gasteiger partial charge is 0.360 e. The molecule has 0 spiro atoms. The fourth-order valence-electron chi connectivity index (χ4n) is 0.333. The Hall–Kier alpha value is -0.300. The molecule has 0 aromatic rings. The van der Waals surface area contributed by atoms with Crippen molar-refractivity contribution < 1.29 is 5.73 Å². The molecule has 0 fully saturated rings. The van der Waals surface area contributed by atoms with Crippen LogP contribution in [0.1, 0.15) is 82.1 Å². The van der Waals surface area contributed by atoms with Crippen molar-refractivity contribution >= 4 is 0 Å². The molecule has 1 heteroatoms. The zero-order chi connectivity index (χ0) is 14.8. The van der Waals surface area contributed by atoms with Gasteiger partial charge in [-0.3, -0.25) is 0 Å². The highest BCUT2D eigenvalue weighted by molar-refractivity contribution is 4.77. The van der Waals surface area contributed by atoms with Crippen molar-refractivity contribution in [3.8, 4) is 0 Å². The summed E-state index contributed by atoms with van der Waals surface area (Å²) < 4.78 is 0. The summed E-state index contributed by atoms with van der Waals surface area (Å²) in [5, 5.41) is 0. The van der Waals surface area contributed by atoms with E-state index in [-0.39, 0.29) is 0 Å². The molecule has 0 saturated heterocycles. The van der Waals surface area contributed by atoms with Gasteiger partial charge in [0.1, 0.15) is 0 Å². The molecule has 0 aliphatic carbocycles. The summed E-state index contributed by atoms with van der Waals surface area (Å²) in [5.41, 5.74) is 3.25. The van der Waals surface area contributed by atoms with Crippen molar-refractivity contribution in [2.75, 3.05) is 7.05 Å². The Morgan fingerprint density at radius 1 is 0.562 bits per heavy atom. The lowest BCUT2D eigenvalue weighted by Crippen LogP contribution is -2.40. The molecule has 0 aliphatic heterocycles. The minimum absolute atomic E-state index is 1.17. The Morgan fingerprint density at radius 2 is 0.688 bits per heavy atom. The second-order valence-electron chi connectivity index (χ2n) is 1.29. The van der Waals surface area contributed by atoms with Crippen molar-refractivity contribution in [2.24, 2.45) is 0 Å². The van der Waals surface area contributed by atoms with E-state index in [1.807, 2.05) is 55.4 Å². The van der Waals surface area contributed by atoms with Gasteiger partial charge < -0.3 is 5.73 Å². The molecule has 0 heterocycles. The number of rotatable bonds is 2. The van der Waals surface area contributed by atoms with Crippen LogP contribution in [0.5, 0.6) is 0 Å². The van der Waals surface area contributed by atoms with Crippen molar-refractivity contribution in [1.29, 1.82) is 0 Å². The fourth-order valence-corrected chi connectivity index (χ4v) is 0.333. The molecule has 0 rings (SSSR count). The van der Waals surface area contributed by atoms with Crippen molar-refractivity contribution in [3.63, 3.8) is 0 Å². The maximum absolute atomic E-state index is 3.25. The summed E-state index contributed by atoms with van der Waals surface area (Å²) in [7, 11) is 1.75. The Morgan fingerprint density at radius 3 is 0.750 bits per heavy atom. The van der Waals surface area contributed by atoms with Crippen LogP contribution in [0.4, 0.5) is 0 Å². The minimum atomic E-state index is 1.17. The minimum Gasteiger partial charge on any atom is -0.360 e. The standard InChI is InChI=1S/C6H12.4C2H6.CH5N/c1-3-5-6-4-2;5*1-2/h5-6H,3-4H2,1-2H3;4*1-2H3;2H2,1H3/p+1/b6-5-;;;;;. The maximum Gasteiger partial charge on any atom is 0.0634 e. The Balaban J connectivity index is -0.0000000214. The normalized spacial score (nSPS) is 5.75. The molecule has 0 atom stereocenters. The molecular formula is C15H42N+. The van der Waals surface area contributed by atoms with E-state index in [9.17, 15) is 0 Å². The Kier molecular flexibility index (Phi) is 454. The molecule has 0 bridgehead atoms. The quantitative estimate of drug-likeness (QED) is 0.628. The summed E-state index contributed by atoms with van der Waals surface area (Å²) in [6, 6.07) is 0. The lowest BCUT2D eigenvalue weighted by molar-refractivity contribution is -0.325. The zero-order valence-electron chi connectivity index (χ0n) is 14.3. The van der Waals surface area contributed by atoms with Gasteiger partial charge in [-0.25, -0.2) is 0 Å². The first-order chi connectivity index (χ1) is 7.91. The first kappa shape index (κ1) is 36.1. The lowest BCUT2D eigenvalue weighted by atomic mass is 10.4. The van der Waals surface area contributed by atoms with Gasteiger partial charge in [-0.05, 0) is 12.8 Å². The number of hydrogen-bond acceptors (Lipinski definition) is 0. The fraction of sp³-hybridized carbons (Fsp3) is 0.867. The lowest BCUT2D eigenvalue weighted by Gasteiger charge is -1.72. The third kappa shape index (κ3) is 303. The van der Waals surface area contributed by atoms with Gasteiger partial charge in [0.15, 0.2) is 0 Å². The summed E-state index contributed by atoms with van der Waals surface area (Å²) in [6.07, 6.45) is 6.71. The van der Waals surface area contributed by atoms with Crippen LogP contribution in [-0.2, 0) is 0 Å². The van der Waals surface area contributed by atoms with Crippen LogP contribution in [0, 0.1) is 0 Å². The second kappa shape index (κ2) is 202. The first-order valence-electron chi connectivity index (χ1n) is 7.27. The SMILES string of the molecule is CC.CC.CC.CC.CC/C=C\CC.C[NH3+]. The Bertz CT molecular complexity index is 34.7. The van der Waals surface area contributed by atoms with Gasteiger partial charge in [-0.15, -0.1) is 0 Å². The topological polar surface area (TPSA) is 27.6 Å². The summed E-state index contributed by atoms with van der Waals surface area (Å²) >= 11 is 0. The van der Waals surface area contributed by atoms with Crippen LogP contribution < -0.4 is 5.73 Å². The highest BCUT2D eigenvalue weighted by Gasteiger charge is 1.60. The molecule has 0 saturated carbocycles. The third-order valence-electron chi connectivity index (χ3n) is 0.638. The monoisotopic (exact) mass is 236 g/mol. The molecule has 1 nitrogen and oxygen atoms in total. The van der Waals surface area contributed by atoms with Crippen LogP contribution in [0.2, 0.25) is 0 Å². The van der Waals surface area contributed by atoms with E-state index in [2.05, 4.69) is 31.7 Å². The van der Waals surface area contributed by atoms with Crippen LogP contribution in [0.15, 0.2) is 12.2 Å². The van der Waals surface area contributed by atoms with E-state index >= 15 is 0 Å². The molecule has 16 heavy (non-hydrogen) atoms. The highest BCUT2D eigenvalue weighted by atomic mass is 14.4. The summed E-state index contributed by atoms with van der Waals surface area (Å²) in [5.74, 6) is 0. The molecule has 0 unspecified atom stereocenters. The van der Waals surface area contributed by atoms with E-state index in [1.54, 1.807) is 7.05 Å². The van der Waals surface area contributed by atoms with Gasteiger partial charge in [0, 0.05) is 0 Å². The Labute approximate surface area is 108 Å². The second-order valence-corrected chi connectivity index (χ2v) is 1.29. The van der Waals surface area contributed by atoms with Gasteiger partial charge in [0.25, 0.3) is 0 Å². The number of allylic oxidation sites excluding steroid dienone is 2. The molecule has 0 aromatic heterocycles. The molecular weight excluding hydrogens is 194 g/mol. The molecule has 0 aliphatic rings. The summed E-state index contributed by atoms with van der Waals surface area (Å²) in [6.45, 7) is 20.3. The maximum atomic E-state index is 3.25. The smallest absolute Gasteiger partial charge is 0.0634 e. The van der Waals surface area contributed by atoms with Crippen molar-refractivity contribution in [3.05, 3.63) is 12.2 Å². The van der Waals surface area contributed by atoms with Crippen molar-refractivity contribution in [1.82, 2.24) is 0 Å². The molecule has 3 N–H and O–H groups in total. The van der Waals surface area contributed by atoms with E-state index in [0.29, 0.717) is 0 Å². The van der Waals surface area contributed by atoms with Crippen LogP contribution in [0.3, 0.4) is 0 Å². The number of quaternary nitrogens is 1. The molecule has 0 aromatic carbocycles. The van der Waals surface area contributed by atoms with E-state index in [1.165, 1.54) is 12.8 Å². The predicted molar refractivity (Wildman–Crippen MR) is 83.9 cm³/mol. The predicted octanol–water partition coefficient (Wildman–Crippen LogP) is 5.33. The van der Waals surface area contributed by atoms with Gasteiger partial charge in [-0.1, -0.05) is 81.4 Å². The van der Waals surface area contributed by atoms with Crippen LogP contribution in [-0.4, -0.2) is 7.05 Å². The van der Waals surface area contributed by atoms with Crippen LogP contribution in [0.25, 0.3) is 0 Å². The van der Waals surface area contributed by atoms with Gasteiger partial charge in [0.05, 0.1) is 7.05 Å². The van der Waals surface area contributed by atoms with E-state index in [4.69, 9.17) is 0 Å². The highest BCUT2D eigenvalue weighted by Crippen LogP contribution is 1.81. The average Bonchev–Trinajstić information content (AvgIpc) is 2.47. The average molecular weight is 237 g/mol. The van der Waals surface area contributed by atoms with Gasteiger partial charge in [-0.2, -0.15) is 0 Å². The zero-order valence-corrected chi connectivity index (χ0v) is 14.3. The van der Waals surface area contributed by atoms with Crippen molar-refractivity contribution in [2.45, 2.75) is 82.1 Å². The van der Waals surface area contributed by atoms with Gasteiger partial charge in [0.2, 0.25) is 0 Å². The molecule has 0 radical (unpaired) electrons. The first-order valence-corrected chi connectivity index (χ1v) is 7.27. The summed E-state index contributed by atoms with van der Waals surface area (Å²) in [4.78, 5) is 0. The number of hydrogen-bond donors (Lipinski definition) is 1. The van der Waals surface area contributed by atoms with E-state index in [0.717, 1.165) is 0 Å². The molecule has 106 valence electrons. The molecule has 0 amide bonds. The van der Waals surface area contributed by atoms with E-state index < -0.39 is 0 Å². The van der Waals surface area contributed by atoms with Gasteiger partial charge >= 0.3 is 0 Å². The third-order valence-corrected chi connectivity index (χ3v) is 0.638.